The standard InChI is InChI=1S/C10H23BS2/c1-4-7-8-9-10-11(12-5-2)13-6-3/h4-10H2,1-3H3. The van der Waals surface area contributed by atoms with Crippen LogP contribution >= 0.6 is 23.2 Å². The molecular formula is C10H23BS2. The van der Waals surface area contributed by atoms with Crippen molar-refractivity contribution < 1.29 is 0 Å². The fraction of sp³-hybridized carbons (Fsp3) is 1.00. The van der Waals surface area contributed by atoms with E-state index in [1.54, 1.807) is 0 Å². The zero-order valence-corrected chi connectivity index (χ0v) is 11.0. The molecule has 0 unspecified atom stereocenters. The largest absolute Gasteiger partial charge is 0.273 e. The van der Waals surface area contributed by atoms with Gasteiger partial charge in [0, 0.05) is 0 Å². The first-order chi connectivity index (χ1) is 6.35. The predicted octanol–water partition coefficient (Wildman–Crippen LogP) is 4.56. The van der Waals surface area contributed by atoms with Crippen molar-refractivity contribution in [1.82, 2.24) is 0 Å². The lowest BCUT2D eigenvalue weighted by Gasteiger charge is -2.09. The maximum Gasteiger partial charge on any atom is 0.273 e. The summed E-state index contributed by atoms with van der Waals surface area (Å²) in [5, 5.41) is 0.867. The molecule has 0 saturated heterocycles. The minimum absolute atomic E-state index is 0.867. The molecule has 0 N–H and O–H groups in total. The highest BCUT2D eigenvalue weighted by Crippen LogP contribution is 2.24. The van der Waals surface area contributed by atoms with Crippen LogP contribution in [-0.4, -0.2) is 16.8 Å². The number of rotatable bonds is 9. The minimum Gasteiger partial charge on any atom is -0.196 e. The highest BCUT2D eigenvalue weighted by molar-refractivity contribution is 8.54. The van der Waals surface area contributed by atoms with Crippen molar-refractivity contribution in [3.8, 4) is 0 Å². The maximum atomic E-state index is 2.28. The lowest BCUT2D eigenvalue weighted by atomic mass is 9.95. The molecule has 0 aromatic heterocycles. The number of unbranched alkanes of at least 4 members (excludes halogenated alkanes) is 3. The van der Waals surface area contributed by atoms with Gasteiger partial charge in [-0.1, -0.05) is 52.8 Å². The quantitative estimate of drug-likeness (QED) is 0.411. The second-order valence-electron chi connectivity index (χ2n) is 3.19. The Morgan fingerprint density at radius 3 is 1.92 bits per heavy atom. The lowest BCUT2D eigenvalue weighted by Crippen LogP contribution is -2.03. The van der Waals surface area contributed by atoms with Crippen LogP contribution < -0.4 is 0 Å². The highest BCUT2D eigenvalue weighted by atomic mass is 32.2. The second kappa shape index (κ2) is 10.8. The number of hydrogen-bond acceptors (Lipinski definition) is 2. The van der Waals surface area contributed by atoms with Crippen LogP contribution in [0.25, 0.3) is 0 Å². The molecule has 0 atom stereocenters. The van der Waals surface area contributed by atoms with Gasteiger partial charge >= 0.3 is 0 Å². The SMILES string of the molecule is CCCCCCB(SCC)SCC. The van der Waals surface area contributed by atoms with Crippen molar-refractivity contribution in [3.63, 3.8) is 0 Å². The third-order valence-corrected chi connectivity index (χ3v) is 4.70. The van der Waals surface area contributed by atoms with E-state index >= 15 is 0 Å². The topological polar surface area (TPSA) is 0 Å². The van der Waals surface area contributed by atoms with E-state index in [0.717, 1.165) is 5.27 Å². The van der Waals surface area contributed by atoms with Gasteiger partial charge in [-0.2, -0.15) is 23.2 Å². The van der Waals surface area contributed by atoms with Crippen molar-refractivity contribution in [1.29, 1.82) is 0 Å². The Kier molecular flexibility index (Phi) is 11.5. The fourth-order valence-electron chi connectivity index (χ4n) is 1.32. The average molecular weight is 218 g/mol. The Balaban J connectivity index is 3.33. The summed E-state index contributed by atoms with van der Waals surface area (Å²) in [5.41, 5.74) is 0. The van der Waals surface area contributed by atoms with E-state index in [1.807, 2.05) is 0 Å². The summed E-state index contributed by atoms with van der Waals surface area (Å²) < 4.78 is 0. The molecule has 0 nitrogen and oxygen atoms in total. The molecule has 3 heteroatoms. The van der Waals surface area contributed by atoms with E-state index in [1.165, 1.54) is 43.5 Å². The van der Waals surface area contributed by atoms with Crippen LogP contribution in [0.1, 0.15) is 46.5 Å². The fourth-order valence-corrected chi connectivity index (χ4v) is 3.94. The summed E-state index contributed by atoms with van der Waals surface area (Å²) in [6.45, 7) is 6.80. The molecule has 13 heavy (non-hydrogen) atoms. The van der Waals surface area contributed by atoms with Crippen molar-refractivity contribution in [3.05, 3.63) is 0 Å². The van der Waals surface area contributed by atoms with E-state index in [2.05, 4.69) is 44.0 Å². The van der Waals surface area contributed by atoms with Crippen molar-refractivity contribution >= 4 is 28.5 Å². The summed E-state index contributed by atoms with van der Waals surface area (Å²) in [5.74, 6) is 2.54. The Hall–Kier alpha value is 0.765. The molecule has 0 spiro atoms. The molecule has 78 valence electrons. The lowest BCUT2D eigenvalue weighted by molar-refractivity contribution is 0.701. The molecule has 0 amide bonds. The van der Waals surface area contributed by atoms with Crippen molar-refractivity contribution in [2.75, 3.05) is 11.5 Å². The highest BCUT2D eigenvalue weighted by Gasteiger charge is 2.12. The molecule has 0 saturated carbocycles. The van der Waals surface area contributed by atoms with Gasteiger partial charge in [0.05, 0.1) is 0 Å². The van der Waals surface area contributed by atoms with Crippen LogP contribution in [0.5, 0.6) is 0 Å². The second-order valence-corrected chi connectivity index (χ2v) is 6.45. The molecule has 0 rings (SSSR count). The Morgan fingerprint density at radius 2 is 1.46 bits per heavy atom. The third-order valence-electron chi connectivity index (χ3n) is 2.00. The zero-order chi connectivity index (χ0) is 9.94. The Morgan fingerprint density at radius 1 is 0.846 bits per heavy atom. The molecule has 0 radical (unpaired) electrons. The van der Waals surface area contributed by atoms with Gasteiger partial charge in [0.15, 0.2) is 0 Å². The molecule has 0 fully saturated rings. The van der Waals surface area contributed by atoms with Gasteiger partial charge < -0.3 is 0 Å². The average Bonchev–Trinajstić information content (AvgIpc) is 2.13. The monoisotopic (exact) mass is 218 g/mol. The maximum absolute atomic E-state index is 2.28. The summed E-state index contributed by atoms with van der Waals surface area (Å²) in [4.78, 5) is 0. The van der Waals surface area contributed by atoms with Crippen LogP contribution in [-0.2, 0) is 0 Å². The van der Waals surface area contributed by atoms with Gasteiger partial charge in [-0.05, 0) is 11.5 Å². The van der Waals surface area contributed by atoms with Crippen molar-refractivity contribution in [2.45, 2.75) is 52.8 Å². The first-order valence-electron chi connectivity index (χ1n) is 5.58. The zero-order valence-electron chi connectivity index (χ0n) is 9.34. The van der Waals surface area contributed by atoms with Gasteiger partial charge in [0.25, 0.3) is 5.27 Å². The molecule has 0 aliphatic carbocycles. The van der Waals surface area contributed by atoms with Crippen LogP contribution in [0.15, 0.2) is 0 Å². The molecule has 0 heterocycles. The van der Waals surface area contributed by atoms with Gasteiger partial charge in [0.2, 0.25) is 0 Å². The summed E-state index contributed by atoms with van der Waals surface area (Å²) in [6.07, 6.45) is 7.05. The first-order valence-corrected chi connectivity index (χ1v) is 7.68. The van der Waals surface area contributed by atoms with Crippen LogP contribution in [0.4, 0.5) is 0 Å². The van der Waals surface area contributed by atoms with E-state index in [-0.39, 0.29) is 0 Å². The Labute approximate surface area is 92.9 Å². The summed E-state index contributed by atoms with van der Waals surface area (Å²) >= 11 is 4.24. The molecule has 0 aromatic rings. The van der Waals surface area contributed by atoms with Crippen LogP contribution in [0.3, 0.4) is 0 Å². The summed E-state index contributed by atoms with van der Waals surface area (Å²) in [7, 11) is 0. The molecule has 0 aliphatic heterocycles. The van der Waals surface area contributed by atoms with E-state index in [0.29, 0.717) is 0 Å². The normalized spacial score (nSPS) is 10.4. The van der Waals surface area contributed by atoms with Gasteiger partial charge in [-0.15, -0.1) is 0 Å². The van der Waals surface area contributed by atoms with E-state index in [4.69, 9.17) is 0 Å². The number of hydrogen-bond donors (Lipinski definition) is 0. The molecule has 0 aromatic carbocycles. The molecular weight excluding hydrogens is 195 g/mol. The van der Waals surface area contributed by atoms with E-state index < -0.39 is 0 Å². The molecule has 0 bridgehead atoms. The third kappa shape index (κ3) is 9.08. The Bertz CT molecular complexity index is 92.9. The smallest absolute Gasteiger partial charge is 0.196 e. The van der Waals surface area contributed by atoms with Crippen LogP contribution in [0.2, 0.25) is 6.32 Å². The molecule has 0 aliphatic rings. The van der Waals surface area contributed by atoms with Crippen molar-refractivity contribution in [2.24, 2.45) is 0 Å². The summed E-state index contributed by atoms with van der Waals surface area (Å²) in [6, 6.07) is 0. The van der Waals surface area contributed by atoms with Gasteiger partial charge in [-0.3, -0.25) is 0 Å². The predicted molar refractivity (Wildman–Crippen MR) is 71.0 cm³/mol. The van der Waals surface area contributed by atoms with Crippen LogP contribution in [0, 0.1) is 0 Å². The first kappa shape index (κ1) is 13.8. The van der Waals surface area contributed by atoms with Gasteiger partial charge in [0.1, 0.15) is 0 Å². The minimum atomic E-state index is 0.867. The van der Waals surface area contributed by atoms with Gasteiger partial charge in [-0.25, -0.2) is 0 Å². The van der Waals surface area contributed by atoms with E-state index in [9.17, 15) is 0 Å².